The van der Waals surface area contributed by atoms with E-state index in [1.54, 1.807) is 13.0 Å². The van der Waals surface area contributed by atoms with Crippen LogP contribution in [-0.2, 0) is 4.79 Å². The summed E-state index contributed by atoms with van der Waals surface area (Å²) in [5.74, 6) is -0.268. The minimum absolute atomic E-state index is 0.268. The minimum atomic E-state index is -0.991. The molecular weight excluding hydrogens is 319 g/mol. The van der Waals surface area contributed by atoms with Crippen LogP contribution in [0.25, 0.3) is 0 Å². The lowest BCUT2D eigenvalue weighted by Crippen LogP contribution is -2.30. The third-order valence-corrected chi connectivity index (χ3v) is 4.88. The second kappa shape index (κ2) is 5.55. The Balaban J connectivity index is 2.12. The monoisotopic (exact) mass is 332 g/mol. The first-order valence-corrected chi connectivity index (χ1v) is 7.44. The van der Waals surface area contributed by atoms with Crippen molar-refractivity contribution in [3.05, 3.63) is 34.9 Å². The third-order valence-electron chi connectivity index (χ3n) is 3.54. The highest BCUT2D eigenvalue weighted by atomic mass is 35.5. The summed E-state index contributed by atoms with van der Waals surface area (Å²) in [6.45, 7) is 3.68. The van der Waals surface area contributed by atoms with Crippen LogP contribution in [0.2, 0.25) is 5.02 Å². The molecule has 1 aromatic rings. The Morgan fingerprint density at radius 1 is 1.45 bits per heavy atom. The number of hydrazone groups is 1. The number of carbonyl (C=O) groups is 1. The maximum absolute atomic E-state index is 12.0. The zero-order valence-electron chi connectivity index (χ0n) is 11.2. The molecule has 0 saturated heterocycles. The van der Waals surface area contributed by atoms with E-state index in [1.807, 2.05) is 25.1 Å². The molecule has 1 amide bonds. The molecule has 0 bridgehead atoms. The van der Waals surface area contributed by atoms with Gasteiger partial charge in [0.2, 0.25) is 5.91 Å². The zero-order chi connectivity index (χ0) is 15.0. The molecule has 0 spiro atoms. The van der Waals surface area contributed by atoms with Crippen molar-refractivity contribution in [2.75, 3.05) is 0 Å². The predicted octanol–water partition coefficient (Wildman–Crippen LogP) is 4.15. The maximum Gasteiger partial charge on any atom is 0.249 e. The molecule has 6 heteroatoms. The highest BCUT2D eigenvalue weighted by Gasteiger charge is 2.68. The maximum atomic E-state index is 12.0. The van der Waals surface area contributed by atoms with Gasteiger partial charge in [-0.15, -0.1) is 23.2 Å². The number of carbonyl (C=O) groups excluding carboxylic acids is 1. The van der Waals surface area contributed by atoms with Crippen molar-refractivity contribution >= 4 is 46.4 Å². The fourth-order valence-electron chi connectivity index (χ4n) is 1.90. The lowest BCUT2D eigenvalue weighted by Gasteiger charge is -2.11. The van der Waals surface area contributed by atoms with Crippen LogP contribution in [0.4, 0.5) is 0 Å². The van der Waals surface area contributed by atoms with Gasteiger partial charge in [-0.3, -0.25) is 4.79 Å². The summed E-state index contributed by atoms with van der Waals surface area (Å²) in [4.78, 5) is 12.0. The molecular formula is C14H15Cl3N2O. The number of nitrogens with zero attached hydrogens (tertiary/aromatic N) is 1. The van der Waals surface area contributed by atoms with Gasteiger partial charge in [0.05, 0.1) is 11.1 Å². The van der Waals surface area contributed by atoms with Crippen molar-refractivity contribution < 1.29 is 4.79 Å². The Bertz CT molecular complexity index is 571. The van der Waals surface area contributed by atoms with Crippen molar-refractivity contribution in [1.29, 1.82) is 0 Å². The predicted molar refractivity (Wildman–Crippen MR) is 83.6 cm³/mol. The average molecular weight is 334 g/mol. The fraction of sp³-hybridized carbons (Fsp3) is 0.429. The average Bonchev–Trinajstić information content (AvgIpc) is 2.90. The molecule has 1 aliphatic rings. The minimum Gasteiger partial charge on any atom is -0.272 e. The first kappa shape index (κ1) is 15.6. The summed E-state index contributed by atoms with van der Waals surface area (Å²) in [6, 6.07) is 7.34. The largest absolute Gasteiger partial charge is 0.272 e. The molecule has 1 atom stereocenters. The van der Waals surface area contributed by atoms with E-state index >= 15 is 0 Å². The first-order valence-electron chi connectivity index (χ1n) is 6.31. The lowest BCUT2D eigenvalue weighted by atomic mass is 10.1. The van der Waals surface area contributed by atoms with E-state index in [0.29, 0.717) is 17.9 Å². The number of hydrogen-bond acceptors (Lipinski definition) is 2. The molecule has 108 valence electrons. The van der Waals surface area contributed by atoms with Gasteiger partial charge in [0.1, 0.15) is 4.33 Å². The van der Waals surface area contributed by atoms with Gasteiger partial charge in [0.25, 0.3) is 0 Å². The number of halogens is 3. The molecule has 1 saturated carbocycles. The topological polar surface area (TPSA) is 41.5 Å². The number of alkyl halides is 2. The van der Waals surface area contributed by atoms with E-state index in [9.17, 15) is 4.79 Å². The van der Waals surface area contributed by atoms with E-state index < -0.39 is 9.75 Å². The van der Waals surface area contributed by atoms with Crippen LogP contribution in [0.15, 0.2) is 29.4 Å². The molecule has 1 aliphatic carbocycles. The summed E-state index contributed by atoms with van der Waals surface area (Å²) in [7, 11) is 0. The zero-order valence-corrected chi connectivity index (χ0v) is 13.5. The summed E-state index contributed by atoms with van der Waals surface area (Å²) in [5.41, 5.74) is 3.40. The van der Waals surface area contributed by atoms with E-state index in [1.165, 1.54) is 0 Å². The first-order chi connectivity index (χ1) is 9.30. The van der Waals surface area contributed by atoms with Crippen LogP contribution in [0, 0.1) is 5.41 Å². The second-order valence-corrected chi connectivity index (χ2v) is 7.00. The van der Waals surface area contributed by atoms with Crippen molar-refractivity contribution in [1.82, 2.24) is 5.43 Å². The van der Waals surface area contributed by atoms with Gasteiger partial charge in [-0.05, 0) is 37.5 Å². The van der Waals surface area contributed by atoms with E-state index in [0.717, 1.165) is 11.3 Å². The van der Waals surface area contributed by atoms with Crippen LogP contribution < -0.4 is 5.43 Å². The van der Waals surface area contributed by atoms with E-state index in [2.05, 4.69) is 10.5 Å². The molecule has 0 radical (unpaired) electrons. The summed E-state index contributed by atoms with van der Waals surface area (Å²) in [5, 5.41) is 4.80. The number of nitrogens with one attached hydrogen (secondary N) is 1. The van der Waals surface area contributed by atoms with Gasteiger partial charge in [-0.25, -0.2) is 5.43 Å². The van der Waals surface area contributed by atoms with Crippen LogP contribution in [0.1, 0.15) is 32.3 Å². The number of benzene rings is 1. The lowest BCUT2D eigenvalue weighted by molar-refractivity contribution is -0.125. The molecule has 1 fully saturated rings. The van der Waals surface area contributed by atoms with Crippen LogP contribution >= 0.6 is 34.8 Å². The molecule has 1 N–H and O–H groups in total. The van der Waals surface area contributed by atoms with Gasteiger partial charge < -0.3 is 0 Å². The van der Waals surface area contributed by atoms with Crippen molar-refractivity contribution in [3.63, 3.8) is 0 Å². The quantitative estimate of drug-likeness (QED) is 0.502. The van der Waals surface area contributed by atoms with Crippen molar-refractivity contribution in [3.8, 4) is 0 Å². The Labute approximate surface area is 133 Å². The Hall–Kier alpha value is -0.770. The molecule has 0 heterocycles. The van der Waals surface area contributed by atoms with Crippen LogP contribution in [0.5, 0.6) is 0 Å². The summed E-state index contributed by atoms with van der Waals surface area (Å²) < 4.78 is -0.991. The Kier molecular flexibility index (Phi) is 4.33. The summed E-state index contributed by atoms with van der Waals surface area (Å²) in [6.07, 6.45) is 1.10. The van der Waals surface area contributed by atoms with Crippen LogP contribution in [0.3, 0.4) is 0 Å². The van der Waals surface area contributed by atoms with E-state index in [4.69, 9.17) is 34.8 Å². The van der Waals surface area contributed by atoms with Gasteiger partial charge in [0.15, 0.2) is 0 Å². The SMILES string of the molecule is CC/C(=N/NC(=O)[C@]1(C)CC1(Cl)Cl)c1cccc(Cl)c1. The smallest absolute Gasteiger partial charge is 0.249 e. The van der Waals surface area contributed by atoms with Crippen molar-refractivity contribution in [2.45, 2.75) is 31.0 Å². The van der Waals surface area contributed by atoms with Gasteiger partial charge in [0, 0.05) is 5.02 Å². The molecule has 3 nitrogen and oxygen atoms in total. The second-order valence-electron chi connectivity index (χ2n) is 5.08. The van der Waals surface area contributed by atoms with Crippen molar-refractivity contribution in [2.24, 2.45) is 10.5 Å². The standard InChI is InChI=1S/C14H15Cl3N2O/c1-3-11(9-5-4-6-10(15)7-9)18-19-12(20)13(2)8-14(13,16)17/h4-7H,3,8H2,1-2H3,(H,19,20)/b18-11-/t13-/m0/s1. The molecule has 0 aliphatic heterocycles. The van der Waals surface area contributed by atoms with Gasteiger partial charge in [-0.2, -0.15) is 5.10 Å². The number of hydrogen-bond donors (Lipinski definition) is 1. The number of rotatable bonds is 4. The third kappa shape index (κ3) is 2.95. The highest BCUT2D eigenvalue weighted by Crippen LogP contribution is 2.63. The summed E-state index contributed by atoms with van der Waals surface area (Å²) >= 11 is 17.9. The molecule has 0 aromatic heterocycles. The molecule has 20 heavy (non-hydrogen) atoms. The molecule has 2 rings (SSSR count). The van der Waals surface area contributed by atoms with Gasteiger partial charge in [-0.1, -0.05) is 30.7 Å². The molecule has 1 aromatic carbocycles. The molecule has 0 unspecified atom stereocenters. The Morgan fingerprint density at radius 3 is 2.60 bits per heavy atom. The fourth-order valence-corrected chi connectivity index (χ4v) is 2.80. The number of amides is 1. The highest BCUT2D eigenvalue weighted by molar-refractivity contribution is 6.53. The van der Waals surface area contributed by atoms with E-state index in [-0.39, 0.29) is 5.91 Å². The normalized spacial score (nSPS) is 24.4. The van der Waals surface area contributed by atoms with Gasteiger partial charge >= 0.3 is 0 Å². The van der Waals surface area contributed by atoms with Crippen LogP contribution in [-0.4, -0.2) is 16.0 Å². The Morgan fingerprint density at radius 2 is 2.10 bits per heavy atom.